The van der Waals surface area contributed by atoms with Crippen molar-refractivity contribution in [2.75, 3.05) is 7.05 Å². The van der Waals surface area contributed by atoms with Crippen LogP contribution in [0.1, 0.15) is 11.1 Å². The Labute approximate surface area is 130 Å². The van der Waals surface area contributed by atoms with Gasteiger partial charge in [-0.1, -0.05) is 6.07 Å². The van der Waals surface area contributed by atoms with Crippen molar-refractivity contribution in [1.82, 2.24) is 10.6 Å². The molecule has 2 aromatic rings. The normalized spacial score (nSPS) is 11.4. The van der Waals surface area contributed by atoms with Crippen molar-refractivity contribution in [1.29, 1.82) is 0 Å². The maximum absolute atomic E-state index is 13.4. The van der Waals surface area contributed by atoms with Gasteiger partial charge in [-0.3, -0.25) is 4.99 Å². The van der Waals surface area contributed by atoms with Gasteiger partial charge in [0.2, 0.25) is 0 Å². The highest BCUT2D eigenvalue weighted by Crippen LogP contribution is 2.16. The highest BCUT2D eigenvalue weighted by molar-refractivity contribution is 9.10. The van der Waals surface area contributed by atoms with Gasteiger partial charge in [-0.25, -0.2) is 4.39 Å². The molecule has 2 N–H and O–H groups in total. The Hall–Kier alpha value is -1.40. The summed E-state index contributed by atoms with van der Waals surface area (Å²) in [4.78, 5) is 4.14. The van der Waals surface area contributed by atoms with E-state index in [1.54, 1.807) is 24.5 Å². The summed E-state index contributed by atoms with van der Waals surface area (Å²) in [5, 5.41) is 10.5. The van der Waals surface area contributed by atoms with Crippen LogP contribution in [0.4, 0.5) is 4.39 Å². The Morgan fingerprint density at radius 2 is 2.00 bits per heavy atom. The van der Waals surface area contributed by atoms with Gasteiger partial charge in [-0.15, -0.1) is 0 Å². The maximum Gasteiger partial charge on any atom is 0.191 e. The molecule has 0 spiro atoms. The molecule has 0 fully saturated rings. The summed E-state index contributed by atoms with van der Waals surface area (Å²) in [6.07, 6.45) is 0. The van der Waals surface area contributed by atoms with Crippen molar-refractivity contribution < 1.29 is 4.39 Å². The molecular formula is C14H15BrFN3S. The molecule has 1 aromatic heterocycles. The maximum atomic E-state index is 13.4. The predicted molar refractivity (Wildman–Crippen MR) is 85.5 cm³/mol. The van der Waals surface area contributed by atoms with Gasteiger partial charge < -0.3 is 10.6 Å². The first kappa shape index (κ1) is 15.0. The van der Waals surface area contributed by atoms with Crippen LogP contribution in [0.15, 0.2) is 44.5 Å². The lowest BCUT2D eigenvalue weighted by molar-refractivity contribution is 0.618. The van der Waals surface area contributed by atoms with Gasteiger partial charge in [0.25, 0.3) is 0 Å². The van der Waals surface area contributed by atoms with Crippen LogP contribution in [0.3, 0.4) is 0 Å². The first-order valence-corrected chi connectivity index (χ1v) is 7.82. The molecule has 106 valence electrons. The molecule has 0 amide bonds. The number of thiophene rings is 1. The fourth-order valence-electron chi connectivity index (χ4n) is 1.64. The zero-order chi connectivity index (χ0) is 14.4. The van der Waals surface area contributed by atoms with Gasteiger partial charge in [0.05, 0.1) is 4.47 Å². The highest BCUT2D eigenvalue weighted by Gasteiger charge is 2.02. The molecule has 1 heterocycles. The summed E-state index contributed by atoms with van der Waals surface area (Å²) in [5.41, 5.74) is 2.08. The lowest BCUT2D eigenvalue weighted by Gasteiger charge is -2.11. The third kappa shape index (κ3) is 4.31. The Morgan fingerprint density at radius 3 is 2.60 bits per heavy atom. The Bertz CT molecular complexity index is 584. The van der Waals surface area contributed by atoms with Crippen LogP contribution in [0.2, 0.25) is 0 Å². The van der Waals surface area contributed by atoms with Crippen molar-refractivity contribution in [2.24, 2.45) is 4.99 Å². The van der Waals surface area contributed by atoms with Crippen molar-refractivity contribution >= 4 is 33.2 Å². The van der Waals surface area contributed by atoms with Crippen LogP contribution in [-0.4, -0.2) is 13.0 Å². The lowest BCUT2D eigenvalue weighted by Crippen LogP contribution is -2.36. The molecule has 0 unspecified atom stereocenters. The first-order chi connectivity index (χ1) is 9.69. The van der Waals surface area contributed by atoms with Crippen molar-refractivity contribution in [2.45, 2.75) is 13.1 Å². The largest absolute Gasteiger partial charge is 0.352 e. The molecule has 0 saturated carbocycles. The van der Waals surface area contributed by atoms with Crippen molar-refractivity contribution in [3.05, 3.63) is 56.4 Å². The summed E-state index contributed by atoms with van der Waals surface area (Å²) in [5.74, 6) is 0.435. The van der Waals surface area contributed by atoms with E-state index in [-0.39, 0.29) is 5.82 Å². The number of hydrogen-bond acceptors (Lipinski definition) is 2. The van der Waals surface area contributed by atoms with Crippen LogP contribution in [0, 0.1) is 5.82 Å². The fourth-order valence-corrected chi connectivity index (χ4v) is 2.55. The Kier molecular flexibility index (Phi) is 5.55. The predicted octanol–water partition coefficient (Wildman–Crippen LogP) is 3.51. The minimum Gasteiger partial charge on any atom is -0.352 e. The van der Waals surface area contributed by atoms with Gasteiger partial charge >= 0.3 is 0 Å². The number of guanidine groups is 1. The summed E-state index contributed by atoms with van der Waals surface area (Å²) in [6, 6.07) is 7.14. The Morgan fingerprint density at radius 1 is 1.25 bits per heavy atom. The average molecular weight is 356 g/mol. The number of hydrogen-bond donors (Lipinski definition) is 2. The van der Waals surface area contributed by atoms with Crippen LogP contribution in [0.5, 0.6) is 0 Å². The van der Waals surface area contributed by atoms with E-state index in [0.29, 0.717) is 17.0 Å². The van der Waals surface area contributed by atoms with E-state index in [9.17, 15) is 4.39 Å². The summed E-state index contributed by atoms with van der Waals surface area (Å²) >= 11 is 4.81. The Balaban J connectivity index is 1.85. The van der Waals surface area contributed by atoms with Gasteiger partial charge in [-0.05, 0) is 56.0 Å². The number of halogens is 2. The molecule has 1 aromatic carbocycles. The second-order valence-electron chi connectivity index (χ2n) is 4.16. The second-order valence-corrected chi connectivity index (χ2v) is 5.79. The number of benzene rings is 1. The average Bonchev–Trinajstić information content (AvgIpc) is 2.96. The topological polar surface area (TPSA) is 36.4 Å². The number of nitrogens with one attached hydrogen (secondary N) is 2. The zero-order valence-corrected chi connectivity index (χ0v) is 13.4. The molecule has 0 aliphatic carbocycles. The third-order valence-corrected chi connectivity index (χ3v) is 4.08. The van der Waals surface area contributed by atoms with E-state index in [1.165, 1.54) is 11.6 Å². The van der Waals surface area contributed by atoms with Gasteiger partial charge in [0.15, 0.2) is 5.96 Å². The number of rotatable bonds is 4. The molecule has 2 rings (SSSR count). The van der Waals surface area contributed by atoms with Gasteiger partial charge in [0, 0.05) is 20.1 Å². The van der Waals surface area contributed by atoms with E-state index in [0.717, 1.165) is 12.1 Å². The molecule has 0 saturated heterocycles. The minimum absolute atomic E-state index is 0.259. The zero-order valence-electron chi connectivity index (χ0n) is 11.0. The van der Waals surface area contributed by atoms with E-state index in [4.69, 9.17) is 0 Å². The highest BCUT2D eigenvalue weighted by atomic mass is 79.9. The van der Waals surface area contributed by atoms with Crippen molar-refractivity contribution in [3.8, 4) is 0 Å². The number of nitrogens with zero attached hydrogens (tertiary/aromatic N) is 1. The van der Waals surface area contributed by atoms with Gasteiger partial charge in [-0.2, -0.15) is 11.3 Å². The van der Waals surface area contributed by atoms with Crippen LogP contribution >= 0.6 is 27.3 Å². The molecule has 0 bridgehead atoms. The van der Waals surface area contributed by atoms with Crippen LogP contribution in [0.25, 0.3) is 0 Å². The molecule has 0 aliphatic rings. The van der Waals surface area contributed by atoms with E-state index in [2.05, 4.69) is 43.0 Å². The molecule has 0 aliphatic heterocycles. The molecule has 3 nitrogen and oxygen atoms in total. The minimum atomic E-state index is -0.259. The molecule has 6 heteroatoms. The van der Waals surface area contributed by atoms with E-state index < -0.39 is 0 Å². The smallest absolute Gasteiger partial charge is 0.191 e. The number of aliphatic imine (C=N–C) groups is 1. The van der Waals surface area contributed by atoms with Crippen LogP contribution < -0.4 is 10.6 Å². The SMILES string of the molecule is CN=C(NCc1ccsc1)NCc1ccc(Br)c(F)c1. The second kappa shape index (κ2) is 7.40. The van der Waals surface area contributed by atoms with E-state index >= 15 is 0 Å². The molecule has 20 heavy (non-hydrogen) atoms. The molecule has 0 radical (unpaired) electrons. The monoisotopic (exact) mass is 355 g/mol. The summed E-state index contributed by atoms with van der Waals surface area (Å²) < 4.78 is 13.9. The third-order valence-electron chi connectivity index (χ3n) is 2.71. The lowest BCUT2D eigenvalue weighted by atomic mass is 10.2. The van der Waals surface area contributed by atoms with Crippen LogP contribution in [-0.2, 0) is 13.1 Å². The summed E-state index contributed by atoms with van der Waals surface area (Å²) in [6.45, 7) is 1.24. The quantitative estimate of drug-likeness (QED) is 0.650. The van der Waals surface area contributed by atoms with Gasteiger partial charge in [0.1, 0.15) is 5.82 Å². The summed E-state index contributed by atoms with van der Waals surface area (Å²) in [7, 11) is 1.71. The van der Waals surface area contributed by atoms with E-state index in [1.807, 2.05) is 11.4 Å². The molecule has 0 atom stereocenters. The fraction of sp³-hybridized carbons (Fsp3) is 0.214. The standard InChI is InChI=1S/C14H15BrFN3S/c1-17-14(19-8-11-4-5-20-9-11)18-7-10-2-3-12(15)13(16)6-10/h2-6,9H,7-8H2,1H3,(H2,17,18,19). The first-order valence-electron chi connectivity index (χ1n) is 6.08. The van der Waals surface area contributed by atoms with Crippen molar-refractivity contribution in [3.63, 3.8) is 0 Å². The molecular weight excluding hydrogens is 341 g/mol.